The second-order valence-electron chi connectivity index (χ2n) is 8.74. The predicted octanol–water partition coefficient (Wildman–Crippen LogP) is 4.26. The zero-order valence-electron chi connectivity index (χ0n) is 17.7. The highest BCUT2D eigenvalue weighted by Gasteiger charge is 2.23. The molecular weight excluding hydrogens is 362 g/mol. The quantitative estimate of drug-likeness (QED) is 0.713. The molecule has 0 spiro atoms. The van der Waals surface area contributed by atoms with Crippen molar-refractivity contribution in [3.63, 3.8) is 0 Å². The Hall–Kier alpha value is -1.85. The topological polar surface area (TPSA) is 57.6 Å². The highest BCUT2D eigenvalue weighted by atomic mass is 16.5. The summed E-state index contributed by atoms with van der Waals surface area (Å²) < 4.78 is 5.41. The first kappa shape index (κ1) is 20.4. The van der Waals surface area contributed by atoms with Crippen LogP contribution in [0, 0.1) is 5.92 Å². The molecule has 5 nitrogen and oxygen atoms in total. The van der Waals surface area contributed by atoms with Crippen LogP contribution in [0.1, 0.15) is 56.9 Å². The van der Waals surface area contributed by atoms with E-state index < -0.39 is 0 Å². The molecule has 1 saturated heterocycles. The van der Waals surface area contributed by atoms with Gasteiger partial charge in [0.2, 0.25) is 0 Å². The Bertz CT molecular complexity index is 802. The van der Waals surface area contributed by atoms with Crippen molar-refractivity contribution in [2.24, 2.45) is 5.92 Å². The SMILES string of the molecule is COc1ccc2cc(CNC3CCCCCC3)c(N3CCCC(CO)C3)nc2c1. The van der Waals surface area contributed by atoms with E-state index in [0.717, 1.165) is 54.9 Å². The fourth-order valence-electron chi connectivity index (χ4n) is 4.86. The molecular formula is C24H35N3O2. The summed E-state index contributed by atoms with van der Waals surface area (Å²) in [7, 11) is 1.70. The van der Waals surface area contributed by atoms with Crippen molar-refractivity contribution < 1.29 is 9.84 Å². The van der Waals surface area contributed by atoms with Crippen molar-refractivity contribution >= 4 is 16.7 Å². The van der Waals surface area contributed by atoms with Crippen LogP contribution in [0.5, 0.6) is 5.75 Å². The van der Waals surface area contributed by atoms with Crippen LogP contribution < -0.4 is 15.0 Å². The number of aliphatic hydroxyl groups is 1. The number of nitrogens with one attached hydrogen (secondary N) is 1. The summed E-state index contributed by atoms with van der Waals surface area (Å²) in [4.78, 5) is 7.47. The van der Waals surface area contributed by atoms with Gasteiger partial charge in [0.25, 0.3) is 0 Å². The molecule has 29 heavy (non-hydrogen) atoms. The minimum atomic E-state index is 0.258. The third-order valence-corrected chi connectivity index (χ3v) is 6.59. The lowest BCUT2D eigenvalue weighted by molar-refractivity contribution is 0.208. The standard InChI is InChI=1S/C24H35N3O2/c1-29-22-11-10-19-13-20(15-25-21-8-4-2-3-5-9-21)24(26-23(19)14-22)27-12-6-7-18(16-27)17-28/h10-11,13-14,18,21,25,28H,2-9,12,15-17H2,1H3. The molecule has 2 heterocycles. The normalized spacial score (nSPS) is 21.3. The fourth-order valence-corrected chi connectivity index (χ4v) is 4.86. The Morgan fingerprint density at radius 3 is 2.69 bits per heavy atom. The number of rotatable bonds is 6. The maximum absolute atomic E-state index is 9.69. The van der Waals surface area contributed by atoms with Crippen LogP contribution in [0.3, 0.4) is 0 Å². The molecule has 1 aliphatic carbocycles. The minimum absolute atomic E-state index is 0.258. The summed E-state index contributed by atoms with van der Waals surface area (Å²) in [5.41, 5.74) is 2.24. The van der Waals surface area contributed by atoms with Crippen LogP contribution in [0.2, 0.25) is 0 Å². The summed E-state index contributed by atoms with van der Waals surface area (Å²) in [6.45, 7) is 3.01. The van der Waals surface area contributed by atoms with Gasteiger partial charge in [-0.3, -0.25) is 0 Å². The number of aliphatic hydroxyl groups excluding tert-OH is 1. The summed E-state index contributed by atoms with van der Waals surface area (Å²) in [6.07, 6.45) is 10.2. The van der Waals surface area contributed by atoms with Crippen LogP contribution in [0.25, 0.3) is 10.9 Å². The maximum Gasteiger partial charge on any atom is 0.133 e. The lowest BCUT2D eigenvalue weighted by Crippen LogP contribution is -2.38. The molecule has 1 aromatic carbocycles. The van der Waals surface area contributed by atoms with Gasteiger partial charge in [-0.25, -0.2) is 4.98 Å². The Kier molecular flexibility index (Phi) is 6.88. The molecule has 2 fully saturated rings. The van der Waals surface area contributed by atoms with Crippen molar-refractivity contribution in [1.82, 2.24) is 10.3 Å². The lowest BCUT2D eigenvalue weighted by atomic mass is 9.98. The van der Waals surface area contributed by atoms with E-state index in [4.69, 9.17) is 9.72 Å². The smallest absolute Gasteiger partial charge is 0.133 e. The molecule has 5 heteroatoms. The van der Waals surface area contributed by atoms with Gasteiger partial charge < -0.3 is 20.1 Å². The number of fused-ring (bicyclic) bond motifs is 1. The first-order valence-electron chi connectivity index (χ1n) is 11.3. The number of ether oxygens (including phenoxy) is 1. The average Bonchev–Trinajstić information content (AvgIpc) is 3.05. The number of methoxy groups -OCH3 is 1. The largest absolute Gasteiger partial charge is 0.497 e. The molecule has 1 atom stereocenters. The van der Waals surface area contributed by atoms with Gasteiger partial charge in [0.05, 0.1) is 12.6 Å². The number of hydrogen-bond acceptors (Lipinski definition) is 5. The van der Waals surface area contributed by atoms with E-state index >= 15 is 0 Å². The van der Waals surface area contributed by atoms with Gasteiger partial charge in [-0.05, 0) is 49.8 Å². The highest BCUT2D eigenvalue weighted by Crippen LogP contribution is 2.30. The minimum Gasteiger partial charge on any atom is -0.497 e. The number of aromatic nitrogens is 1. The van der Waals surface area contributed by atoms with E-state index in [1.54, 1.807) is 7.11 Å². The van der Waals surface area contributed by atoms with Crippen LogP contribution in [0.4, 0.5) is 5.82 Å². The fraction of sp³-hybridized carbons (Fsp3) is 0.625. The zero-order valence-corrected chi connectivity index (χ0v) is 17.7. The van der Waals surface area contributed by atoms with Crippen molar-refractivity contribution in [3.05, 3.63) is 29.8 Å². The van der Waals surface area contributed by atoms with E-state index in [2.05, 4.69) is 22.3 Å². The molecule has 0 radical (unpaired) electrons. The van der Waals surface area contributed by atoms with Gasteiger partial charge in [-0.2, -0.15) is 0 Å². The molecule has 0 amide bonds. The molecule has 1 saturated carbocycles. The number of hydrogen-bond donors (Lipinski definition) is 2. The van der Waals surface area contributed by atoms with Crippen LogP contribution in [-0.2, 0) is 6.54 Å². The predicted molar refractivity (Wildman–Crippen MR) is 119 cm³/mol. The van der Waals surface area contributed by atoms with Crippen LogP contribution >= 0.6 is 0 Å². The van der Waals surface area contributed by atoms with E-state index in [1.807, 2.05) is 12.1 Å². The number of pyridine rings is 1. The maximum atomic E-state index is 9.69. The van der Waals surface area contributed by atoms with Crippen molar-refractivity contribution in [3.8, 4) is 5.75 Å². The number of nitrogens with zero attached hydrogens (tertiary/aromatic N) is 2. The number of benzene rings is 1. The molecule has 2 aliphatic rings. The third kappa shape index (κ3) is 5.01. The van der Waals surface area contributed by atoms with Gasteiger partial charge >= 0.3 is 0 Å². The molecule has 4 rings (SSSR count). The molecule has 2 N–H and O–H groups in total. The van der Waals surface area contributed by atoms with Crippen molar-refractivity contribution in [2.75, 3.05) is 31.7 Å². The van der Waals surface area contributed by atoms with Crippen LogP contribution in [-0.4, -0.2) is 42.9 Å². The van der Waals surface area contributed by atoms with Gasteiger partial charge in [-0.1, -0.05) is 25.7 Å². The monoisotopic (exact) mass is 397 g/mol. The summed E-state index contributed by atoms with van der Waals surface area (Å²) in [6, 6.07) is 9.04. The molecule has 1 aromatic heterocycles. The number of piperidine rings is 1. The average molecular weight is 398 g/mol. The van der Waals surface area contributed by atoms with Gasteiger partial charge in [0.1, 0.15) is 11.6 Å². The molecule has 1 unspecified atom stereocenters. The van der Waals surface area contributed by atoms with Crippen molar-refractivity contribution in [1.29, 1.82) is 0 Å². The third-order valence-electron chi connectivity index (χ3n) is 6.59. The molecule has 2 aromatic rings. The summed E-state index contributed by atoms with van der Waals surface area (Å²) in [5.74, 6) is 2.26. The summed E-state index contributed by atoms with van der Waals surface area (Å²) in [5, 5.41) is 14.7. The van der Waals surface area contributed by atoms with E-state index in [1.165, 1.54) is 44.1 Å². The Labute approximate surface area is 174 Å². The van der Waals surface area contributed by atoms with Crippen LogP contribution in [0.15, 0.2) is 24.3 Å². The van der Waals surface area contributed by atoms with Crippen molar-refractivity contribution in [2.45, 2.75) is 64.0 Å². The van der Waals surface area contributed by atoms with E-state index in [-0.39, 0.29) is 6.61 Å². The summed E-state index contributed by atoms with van der Waals surface area (Å²) >= 11 is 0. The first-order chi connectivity index (χ1) is 14.3. The Morgan fingerprint density at radius 2 is 1.93 bits per heavy atom. The van der Waals surface area contributed by atoms with Gasteiger partial charge in [0, 0.05) is 49.3 Å². The Balaban J connectivity index is 1.62. The van der Waals surface area contributed by atoms with E-state index in [0.29, 0.717) is 12.0 Å². The lowest BCUT2D eigenvalue weighted by Gasteiger charge is -2.34. The molecule has 1 aliphatic heterocycles. The Morgan fingerprint density at radius 1 is 1.10 bits per heavy atom. The van der Waals surface area contributed by atoms with E-state index in [9.17, 15) is 5.11 Å². The number of anilines is 1. The zero-order chi connectivity index (χ0) is 20.1. The molecule has 0 bridgehead atoms. The molecule has 158 valence electrons. The highest BCUT2D eigenvalue weighted by molar-refractivity contribution is 5.83. The van der Waals surface area contributed by atoms with Gasteiger partial charge in [-0.15, -0.1) is 0 Å². The second kappa shape index (κ2) is 9.77. The first-order valence-corrected chi connectivity index (χ1v) is 11.3. The second-order valence-corrected chi connectivity index (χ2v) is 8.74. The van der Waals surface area contributed by atoms with Gasteiger partial charge in [0.15, 0.2) is 0 Å².